The summed E-state index contributed by atoms with van der Waals surface area (Å²) in [4.78, 5) is 0.0381. The first-order valence-corrected chi connectivity index (χ1v) is 7.14. The Labute approximate surface area is 107 Å². The SMILES string of the molecule is CCOC(C)(C)CNS(=O)(=O)c1ccc(F)cc1. The third-order valence-electron chi connectivity index (χ3n) is 2.35. The number of nitrogens with one attached hydrogen (secondary N) is 1. The molecule has 0 bridgehead atoms. The van der Waals surface area contributed by atoms with Gasteiger partial charge in [0.1, 0.15) is 5.82 Å². The van der Waals surface area contributed by atoms with Gasteiger partial charge >= 0.3 is 0 Å². The van der Waals surface area contributed by atoms with Crippen LogP contribution in [0.3, 0.4) is 0 Å². The van der Waals surface area contributed by atoms with Gasteiger partial charge in [0.2, 0.25) is 10.0 Å². The van der Waals surface area contributed by atoms with Crippen molar-refractivity contribution >= 4 is 10.0 Å². The number of hydrogen-bond donors (Lipinski definition) is 1. The molecule has 0 spiro atoms. The normalized spacial score (nSPS) is 12.7. The standard InChI is InChI=1S/C12H18FNO3S/c1-4-17-12(2,3)9-14-18(15,16)11-7-5-10(13)6-8-11/h5-8,14H,4,9H2,1-3H3. The summed E-state index contributed by atoms with van der Waals surface area (Å²) in [6.07, 6.45) is 0. The molecular weight excluding hydrogens is 257 g/mol. The Kier molecular flexibility index (Phi) is 4.84. The van der Waals surface area contributed by atoms with Gasteiger partial charge in [0.15, 0.2) is 0 Å². The monoisotopic (exact) mass is 275 g/mol. The highest BCUT2D eigenvalue weighted by Crippen LogP contribution is 2.12. The van der Waals surface area contributed by atoms with E-state index in [1.807, 2.05) is 6.92 Å². The van der Waals surface area contributed by atoms with Gasteiger partial charge in [0.25, 0.3) is 0 Å². The molecule has 0 saturated carbocycles. The zero-order chi connectivity index (χ0) is 13.8. The van der Waals surface area contributed by atoms with Crippen molar-refractivity contribution < 1.29 is 17.5 Å². The van der Waals surface area contributed by atoms with Crippen molar-refractivity contribution in [1.29, 1.82) is 0 Å². The highest BCUT2D eigenvalue weighted by molar-refractivity contribution is 7.89. The summed E-state index contributed by atoms with van der Waals surface area (Å²) in [7, 11) is -3.63. The summed E-state index contributed by atoms with van der Waals surface area (Å²) in [5.74, 6) is -0.469. The van der Waals surface area contributed by atoms with E-state index in [1.165, 1.54) is 12.1 Å². The Hall–Kier alpha value is -0.980. The minimum atomic E-state index is -3.63. The van der Waals surface area contributed by atoms with E-state index in [9.17, 15) is 12.8 Å². The van der Waals surface area contributed by atoms with E-state index < -0.39 is 21.4 Å². The Morgan fingerprint density at radius 1 is 1.28 bits per heavy atom. The van der Waals surface area contributed by atoms with Crippen LogP contribution >= 0.6 is 0 Å². The second kappa shape index (κ2) is 5.77. The molecule has 0 aliphatic rings. The van der Waals surface area contributed by atoms with Crippen LogP contribution in [0.15, 0.2) is 29.2 Å². The fourth-order valence-electron chi connectivity index (χ4n) is 1.41. The highest BCUT2D eigenvalue weighted by Gasteiger charge is 2.22. The van der Waals surface area contributed by atoms with Gasteiger partial charge in [-0.05, 0) is 45.0 Å². The molecule has 0 heterocycles. The molecule has 1 N–H and O–H groups in total. The quantitative estimate of drug-likeness (QED) is 0.863. The van der Waals surface area contributed by atoms with Gasteiger partial charge in [-0.1, -0.05) is 0 Å². The van der Waals surface area contributed by atoms with Gasteiger partial charge in [0.05, 0.1) is 10.5 Å². The van der Waals surface area contributed by atoms with Gasteiger partial charge in [-0.15, -0.1) is 0 Å². The lowest BCUT2D eigenvalue weighted by Crippen LogP contribution is -2.40. The van der Waals surface area contributed by atoms with Crippen LogP contribution in [0, 0.1) is 5.82 Å². The smallest absolute Gasteiger partial charge is 0.240 e. The van der Waals surface area contributed by atoms with Gasteiger partial charge in [-0.3, -0.25) is 0 Å². The number of rotatable bonds is 6. The van der Waals surface area contributed by atoms with Crippen LogP contribution in [0.2, 0.25) is 0 Å². The molecule has 0 radical (unpaired) electrons. The first-order valence-electron chi connectivity index (χ1n) is 5.66. The molecule has 1 aromatic rings. The lowest BCUT2D eigenvalue weighted by molar-refractivity contribution is -0.00515. The minimum absolute atomic E-state index is 0.0381. The topological polar surface area (TPSA) is 55.4 Å². The predicted molar refractivity (Wildman–Crippen MR) is 67.3 cm³/mol. The molecule has 0 aliphatic heterocycles. The van der Waals surface area contributed by atoms with Gasteiger partial charge in [-0.2, -0.15) is 0 Å². The van der Waals surface area contributed by atoms with Crippen LogP contribution in [0.4, 0.5) is 4.39 Å². The van der Waals surface area contributed by atoms with Crippen molar-refractivity contribution in [2.75, 3.05) is 13.2 Å². The maximum Gasteiger partial charge on any atom is 0.240 e. The van der Waals surface area contributed by atoms with E-state index in [0.29, 0.717) is 6.61 Å². The first kappa shape index (κ1) is 15.1. The van der Waals surface area contributed by atoms with Crippen LogP contribution in [0.25, 0.3) is 0 Å². The Morgan fingerprint density at radius 2 is 1.83 bits per heavy atom. The average molecular weight is 275 g/mol. The molecule has 1 aromatic carbocycles. The largest absolute Gasteiger partial charge is 0.375 e. The molecule has 0 aromatic heterocycles. The van der Waals surface area contributed by atoms with Crippen LogP contribution < -0.4 is 4.72 Å². The Morgan fingerprint density at radius 3 is 2.33 bits per heavy atom. The number of benzene rings is 1. The van der Waals surface area contributed by atoms with Crippen molar-refractivity contribution in [2.24, 2.45) is 0 Å². The second-order valence-electron chi connectivity index (χ2n) is 4.47. The first-order chi connectivity index (χ1) is 8.27. The summed E-state index contributed by atoms with van der Waals surface area (Å²) in [5.41, 5.74) is -0.581. The van der Waals surface area contributed by atoms with Gasteiger partial charge in [-0.25, -0.2) is 17.5 Å². The van der Waals surface area contributed by atoms with Crippen LogP contribution in [0.5, 0.6) is 0 Å². The number of hydrogen-bond acceptors (Lipinski definition) is 3. The molecule has 4 nitrogen and oxygen atoms in total. The van der Waals surface area contributed by atoms with Crippen LogP contribution in [-0.4, -0.2) is 27.2 Å². The molecule has 0 atom stereocenters. The molecule has 0 amide bonds. The molecular formula is C12H18FNO3S. The van der Waals surface area contributed by atoms with E-state index in [1.54, 1.807) is 13.8 Å². The number of ether oxygens (including phenoxy) is 1. The van der Waals surface area contributed by atoms with Crippen molar-refractivity contribution in [1.82, 2.24) is 4.72 Å². The summed E-state index contributed by atoms with van der Waals surface area (Å²) < 4.78 is 44.4. The lowest BCUT2D eigenvalue weighted by Gasteiger charge is -2.24. The van der Waals surface area contributed by atoms with E-state index in [2.05, 4.69) is 4.72 Å². The minimum Gasteiger partial charge on any atom is -0.375 e. The van der Waals surface area contributed by atoms with Crippen molar-refractivity contribution in [3.05, 3.63) is 30.1 Å². The maximum absolute atomic E-state index is 12.7. The van der Waals surface area contributed by atoms with Crippen LogP contribution in [-0.2, 0) is 14.8 Å². The summed E-state index contributed by atoms with van der Waals surface area (Å²) >= 11 is 0. The fraction of sp³-hybridized carbons (Fsp3) is 0.500. The molecule has 0 unspecified atom stereocenters. The average Bonchev–Trinajstić information content (AvgIpc) is 2.27. The molecule has 18 heavy (non-hydrogen) atoms. The molecule has 0 aliphatic carbocycles. The molecule has 0 fully saturated rings. The lowest BCUT2D eigenvalue weighted by atomic mass is 10.1. The molecule has 0 saturated heterocycles. The Bertz CT molecular complexity index is 483. The molecule has 1 rings (SSSR count). The van der Waals surface area contributed by atoms with E-state index >= 15 is 0 Å². The number of sulfonamides is 1. The van der Waals surface area contributed by atoms with E-state index in [-0.39, 0.29) is 11.4 Å². The van der Waals surface area contributed by atoms with E-state index in [4.69, 9.17) is 4.74 Å². The molecule has 102 valence electrons. The zero-order valence-electron chi connectivity index (χ0n) is 10.7. The van der Waals surface area contributed by atoms with Gasteiger partial charge in [0, 0.05) is 13.2 Å². The highest BCUT2D eigenvalue weighted by atomic mass is 32.2. The van der Waals surface area contributed by atoms with Crippen molar-refractivity contribution in [3.8, 4) is 0 Å². The number of halogens is 1. The van der Waals surface area contributed by atoms with Gasteiger partial charge < -0.3 is 4.74 Å². The van der Waals surface area contributed by atoms with E-state index in [0.717, 1.165) is 12.1 Å². The Balaban J connectivity index is 2.74. The third kappa shape index (κ3) is 4.36. The predicted octanol–water partition coefficient (Wildman–Crippen LogP) is 1.92. The third-order valence-corrected chi connectivity index (χ3v) is 3.76. The van der Waals surface area contributed by atoms with Crippen molar-refractivity contribution in [2.45, 2.75) is 31.3 Å². The molecule has 6 heteroatoms. The van der Waals surface area contributed by atoms with Crippen molar-refractivity contribution in [3.63, 3.8) is 0 Å². The summed E-state index contributed by atoms with van der Waals surface area (Å²) in [6, 6.07) is 4.68. The zero-order valence-corrected chi connectivity index (χ0v) is 11.6. The maximum atomic E-state index is 12.7. The summed E-state index contributed by atoms with van der Waals surface area (Å²) in [6.45, 7) is 6.09. The fourth-order valence-corrected chi connectivity index (χ4v) is 2.61. The van der Waals surface area contributed by atoms with Crippen LogP contribution in [0.1, 0.15) is 20.8 Å². The summed E-state index contributed by atoms with van der Waals surface area (Å²) in [5, 5.41) is 0. The second-order valence-corrected chi connectivity index (χ2v) is 6.24.